The Morgan fingerprint density at radius 2 is 1.96 bits per heavy atom. The van der Waals surface area contributed by atoms with Crippen LogP contribution in [0.4, 0.5) is 11.4 Å². The highest BCUT2D eigenvalue weighted by molar-refractivity contribution is 7.92. The number of ether oxygens (including phenoxy) is 1. The third-order valence-electron chi connectivity index (χ3n) is 4.50. The van der Waals surface area contributed by atoms with Gasteiger partial charge in [0.25, 0.3) is 10.0 Å². The van der Waals surface area contributed by atoms with Gasteiger partial charge in [-0.05, 0) is 43.5 Å². The standard InChI is InChI=1S/C19H22N2O4S/c1-13-8-9-15-6-4-5-7-18(15)21(13)26(23,24)16-10-11-17(20-14(2)22)19(12-16)25-3/h4-7,10-13H,8-9H2,1-3H3,(H,20,22)/t13-/m0/s1. The number of carbonyl (C=O) groups is 1. The Kier molecular flexibility index (Phi) is 4.91. The van der Waals surface area contributed by atoms with E-state index in [2.05, 4.69) is 5.32 Å². The van der Waals surface area contributed by atoms with Gasteiger partial charge in [0.15, 0.2) is 0 Å². The minimum Gasteiger partial charge on any atom is -0.495 e. The Hall–Kier alpha value is -2.54. The molecule has 0 aromatic heterocycles. The molecule has 1 aliphatic heterocycles. The number of anilines is 2. The number of methoxy groups -OCH3 is 1. The van der Waals surface area contributed by atoms with E-state index in [-0.39, 0.29) is 16.8 Å². The van der Waals surface area contributed by atoms with Crippen molar-refractivity contribution in [1.82, 2.24) is 0 Å². The van der Waals surface area contributed by atoms with Crippen molar-refractivity contribution in [2.24, 2.45) is 0 Å². The highest BCUT2D eigenvalue weighted by atomic mass is 32.2. The van der Waals surface area contributed by atoms with Crippen molar-refractivity contribution in [1.29, 1.82) is 0 Å². The Balaban J connectivity index is 2.07. The second-order valence-electron chi connectivity index (χ2n) is 6.36. The van der Waals surface area contributed by atoms with E-state index in [1.807, 2.05) is 31.2 Å². The molecule has 0 aliphatic carbocycles. The normalized spacial score (nSPS) is 16.7. The summed E-state index contributed by atoms with van der Waals surface area (Å²) in [6, 6.07) is 11.9. The molecular weight excluding hydrogens is 352 g/mol. The molecular formula is C19H22N2O4S. The molecule has 3 rings (SSSR count). The van der Waals surface area contributed by atoms with E-state index in [1.54, 1.807) is 6.07 Å². The highest BCUT2D eigenvalue weighted by Crippen LogP contribution is 2.37. The number of benzene rings is 2. The van der Waals surface area contributed by atoms with E-state index < -0.39 is 10.0 Å². The van der Waals surface area contributed by atoms with Crippen LogP contribution >= 0.6 is 0 Å². The van der Waals surface area contributed by atoms with E-state index in [9.17, 15) is 13.2 Å². The molecule has 0 saturated carbocycles. The minimum atomic E-state index is -3.76. The number of fused-ring (bicyclic) bond motifs is 1. The molecule has 6 nitrogen and oxygen atoms in total. The largest absolute Gasteiger partial charge is 0.495 e. The zero-order valence-electron chi connectivity index (χ0n) is 15.0. The number of hydrogen-bond acceptors (Lipinski definition) is 4. The van der Waals surface area contributed by atoms with Crippen molar-refractivity contribution < 1.29 is 17.9 Å². The molecule has 2 aromatic carbocycles. The number of carbonyl (C=O) groups excluding carboxylic acids is 1. The SMILES string of the molecule is COc1cc(S(=O)(=O)N2c3ccccc3CC[C@@H]2C)ccc1NC(C)=O. The predicted molar refractivity (Wildman–Crippen MR) is 101 cm³/mol. The summed E-state index contributed by atoms with van der Waals surface area (Å²) in [5.41, 5.74) is 2.18. The van der Waals surface area contributed by atoms with Crippen molar-refractivity contribution in [2.45, 2.75) is 37.6 Å². The van der Waals surface area contributed by atoms with E-state index in [1.165, 1.54) is 30.5 Å². The molecule has 1 amide bonds. The lowest BCUT2D eigenvalue weighted by molar-refractivity contribution is -0.114. The first-order chi connectivity index (χ1) is 12.3. The molecule has 1 N–H and O–H groups in total. The summed E-state index contributed by atoms with van der Waals surface area (Å²) in [6.07, 6.45) is 1.62. The van der Waals surface area contributed by atoms with Crippen molar-refractivity contribution in [3.63, 3.8) is 0 Å². The Morgan fingerprint density at radius 1 is 1.23 bits per heavy atom. The third kappa shape index (κ3) is 3.26. The van der Waals surface area contributed by atoms with Gasteiger partial charge < -0.3 is 10.1 Å². The molecule has 0 bridgehead atoms. The van der Waals surface area contributed by atoms with Gasteiger partial charge in [-0.15, -0.1) is 0 Å². The summed E-state index contributed by atoms with van der Waals surface area (Å²) in [5, 5.41) is 2.63. The molecule has 0 unspecified atom stereocenters. The van der Waals surface area contributed by atoms with Gasteiger partial charge in [-0.2, -0.15) is 0 Å². The van der Waals surface area contributed by atoms with Crippen LogP contribution < -0.4 is 14.4 Å². The first-order valence-corrected chi connectivity index (χ1v) is 9.86. The van der Waals surface area contributed by atoms with Crippen molar-refractivity contribution in [3.05, 3.63) is 48.0 Å². The summed E-state index contributed by atoms with van der Waals surface area (Å²) >= 11 is 0. The molecule has 0 saturated heterocycles. The third-order valence-corrected chi connectivity index (χ3v) is 6.43. The number of para-hydroxylation sites is 1. The summed E-state index contributed by atoms with van der Waals surface area (Å²) in [5.74, 6) is 0.0525. The molecule has 7 heteroatoms. The molecule has 0 fully saturated rings. The van der Waals surface area contributed by atoms with E-state index >= 15 is 0 Å². The van der Waals surface area contributed by atoms with Crippen LogP contribution in [0, 0.1) is 0 Å². The summed E-state index contributed by atoms with van der Waals surface area (Å²) in [7, 11) is -2.32. The van der Waals surface area contributed by atoms with Gasteiger partial charge in [-0.1, -0.05) is 18.2 Å². The lowest BCUT2D eigenvalue weighted by Gasteiger charge is -2.36. The monoisotopic (exact) mass is 374 g/mol. The summed E-state index contributed by atoms with van der Waals surface area (Å²) in [6.45, 7) is 3.30. The molecule has 1 heterocycles. The first-order valence-electron chi connectivity index (χ1n) is 8.42. The van der Waals surface area contributed by atoms with Crippen molar-refractivity contribution in [2.75, 3.05) is 16.7 Å². The van der Waals surface area contributed by atoms with Crippen molar-refractivity contribution >= 4 is 27.3 Å². The molecule has 26 heavy (non-hydrogen) atoms. The molecule has 2 aromatic rings. The fourth-order valence-electron chi connectivity index (χ4n) is 3.26. The Morgan fingerprint density at radius 3 is 2.65 bits per heavy atom. The average Bonchev–Trinajstić information content (AvgIpc) is 2.61. The average molecular weight is 374 g/mol. The maximum atomic E-state index is 13.3. The van der Waals surface area contributed by atoms with Gasteiger partial charge in [0, 0.05) is 19.0 Å². The summed E-state index contributed by atoms with van der Waals surface area (Å²) in [4.78, 5) is 11.4. The fraction of sp³-hybridized carbons (Fsp3) is 0.316. The quantitative estimate of drug-likeness (QED) is 0.892. The second kappa shape index (κ2) is 6.99. The van der Waals surface area contributed by atoms with Gasteiger partial charge in [0.2, 0.25) is 5.91 Å². The van der Waals surface area contributed by atoms with Gasteiger partial charge in [0.05, 0.1) is 23.4 Å². The van der Waals surface area contributed by atoms with Gasteiger partial charge in [0.1, 0.15) is 5.75 Å². The van der Waals surface area contributed by atoms with Crippen LogP contribution in [0.1, 0.15) is 25.8 Å². The predicted octanol–water partition coefficient (Wildman–Crippen LogP) is 3.18. The number of hydrogen-bond donors (Lipinski definition) is 1. The van der Waals surface area contributed by atoms with Gasteiger partial charge >= 0.3 is 0 Å². The number of sulfonamides is 1. The molecule has 138 valence electrons. The topological polar surface area (TPSA) is 75.7 Å². The van der Waals surface area contributed by atoms with Crippen molar-refractivity contribution in [3.8, 4) is 5.75 Å². The van der Waals surface area contributed by atoms with Crippen LogP contribution in [-0.2, 0) is 21.2 Å². The number of aryl methyl sites for hydroxylation is 1. The smallest absolute Gasteiger partial charge is 0.264 e. The molecule has 1 atom stereocenters. The Labute approximate surface area is 153 Å². The molecule has 1 aliphatic rings. The first kappa shape index (κ1) is 18.3. The van der Waals surface area contributed by atoms with Crippen LogP contribution in [0.25, 0.3) is 0 Å². The molecule has 0 radical (unpaired) electrons. The number of nitrogens with zero attached hydrogens (tertiary/aromatic N) is 1. The van der Waals surface area contributed by atoms with Crippen LogP contribution in [0.5, 0.6) is 5.75 Å². The number of amides is 1. The van der Waals surface area contributed by atoms with Crippen LogP contribution in [0.3, 0.4) is 0 Å². The number of rotatable bonds is 4. The molecule has 0 spiro atoms. The highest BCUT2D eigenvalue weighted by Gasteiger charge is 2.34. The van der Waals surface area contributed by atoms with Crippen LogP contribution in [0.2, 0.25) is 0 Å². The number of nitrogens with one attached hydrogen (secondary N) is 1. The maximum absolute atomic E-state index is 13.3. The minimum absolute atomic E-state index is 0.131. The maximum Gasteiger partial charge on any atom is 0.264 e. The zero-order valence-corrected chi connectivity index (χ0v) is 15.8. The zero-order chi connectivity index (χ0) is 18.9. The summed E-state index contributed by atoms with van der Waals surface area (Å²) < 4.78 is 33.4. The van der Waals surface area contributed by atoms with E-state index in [0.29, 0.717) is 11.4 Å². The fourth-order valence-corrected chi connectivity index (χ4v) is 5.00. The van der Waals surface area contributed by atoms with Gasteiger partial charge in [-0.25, -0.2) is 8.42 Å². The lowest BCUT2D eigenvalue weighted by atomic mass is 9.99. The van der Waals surface area contributed by atoms with Crippen LogP contribution in [-0.4, -0.2) is 27.5 Å². The Bertz CT molecular complexity index is 940. The lowest BCUT2D eigenvalue weighted by Crippen LogP contribution is -2.42. The van der Waals surface area contributed by atoms with E-state index in [4.69, 9.17) is 4.74 Å². The van der Waals surface area contributed by atoms with Gasteiger partial charge in [-0.3, -0.25) is 9.10 Å². The van der Waals surface area contributed by atoms with E-state index in [0.717, 1.165) is 24.1 Å². The van der Waals surface area contributed by atoms with Crippen LogP contribution in [0.15, 0.2) is 47.4 Å². The second-order valence-corrected chi connectivity index (χ2v) is 8.18.